The molecule has 0 heterocycles. The lowest BCUT2D eigenvalue weighted by Gasteiger charge is -2.23. The highest BCUT2D eigenvalue weighted by Gasteiger charge is 2.17. The fraction of sp³-hybridized carbons (Fsp3) is 0.385. The number of hydrogen-bond acceptors (Lipinski definition) is 0. The van der Waals surface area contributed by atoms with Gasteiger partial charge in [0.1, 0.15) is 0 Å². The van der Waals surface area contributed by atoms with Gasteiger partial charge in [0.05, 0.1) is 0 Å². The molecule has 0 fully saturated rings. The largest absolute Gasteiger partial charge is 0.0921 e. The molecule has 14 heavy (non-hydrogen) atoms. The van der Waals surface area contributed by atoms with Crippen molar-refractivity contribution in [3.63, 3.8) is 0 Å². The second-order valence-corrected chi connectivity index (χ2v) is 4.51. The summed E-state index contributed by atoms with van der Waals surface area (Å²) in [5, 5.41) is 1.09. The van der Waals surface area contributed by atoms with Crippen molar-refractivity contribution in [2.75, 3.05) is 5.33 Å². The molecule has 1 aliphatic carbocycles. The highest BCUT2D eigenvalue weighted by molar-refractivity contribution is 9.09. The van der Waals surface area contributed by atoms with E-state index >= 15 is 0 Å². The Morgan fingerprint density at radius 3 is 2.43 bits per heavy atom. The summed E-state index contributed by atoms with van der Waals surface area (Å²) in [6.45, 7) is 0. The van der Waals surface area contributed by atoms with Crippen LogP contribution < -0.4 is 0 Å². The van der Waals surface area contributed by atoms with E-state index in [4.69, 9.17) is 0 Å². The molecule has 74 valence electrons. The minimum atomic E-state index is 0.714. The molecule has 1 aliphatic rings. The molecule has 0 bridgehead atoms. The number of allylic oxidation sites excluding steroid dienone is 2. The molecule has 1 aromatic rings. The van der Waals surface area contributed by atoms with E-state index < -0.39 is 0 Å². The molecule has 1 aromatic carbocycles. The fourth-order valence-electron chi connectivity index (χ4n) is 1.87. The average Bonchev–Trinajstić information content (AvgIpc) is 2.15. The Labute approximate surface area is 94.2 Å². The van der Waals surface area contributed by atoms with Gasteiger partial charge in [0.15, 0.2) is 0 Å². The third-order valence-electron chi connectivity index (χ3n) is 2.88. The molecular weight excluding hydrogens is 236 g/mol. The van der Waals surface area contributed by atoms with Gasteiger partial charge >= 0.3 is 0 Å². The first kappa shape index (κ1) is 9.97. The summed E-state index contributed by atoms with van der Waals surface area (Å²) < 4.78 is 0. The Morgan fingerprint density at radius 2 is 1.93 bits per heavy atom. The van der Waals surface area contributed by atoms with Crippen molar-refractivity contribution >= 4 is 15.9 Å². The SMILES string of the molecule is BrCC(Cc1ccccc1)C1=CCC1. The maximum atomic E-state index is 3.61. The molecule has 2 rings (SSSR count). The zero-order valence-electron chi connectivity index (χ0n) is 8.25. The van der Waals surface area contributed by atoms with Gasteiger partial charge in [0, 0.05) is 5.33 Å². The van der Waals surface area contributed by atoms with E-state index in [1.807, 2.05) is 0 Å². The third-order valence-corrected chi connectivity index (χ3v) is 3.66. The molecule has 0 N–H and O–H groups in total. The van der Waals surface area contributed by atoms with Crippen LogP contribution in [0.3, 0.4) is 0 Å². The lowest BCUT2D eigenvalue weighted by Crippen LogP contribution is -2.13. The maximum absolute atomic E-state index is 3.61. The minimum Gasteiger partial charge on any atom is -0.0921 e. The van der Waals surface area contributed by atoms with Crippen LogP contribution in [0.2, 0.25) is 0 Å². The van der Waals surface area contributed by atoms with Crippen LogP contribution in [0.5, 0.6) is 0 Å². The van der Waals surface area contributed by atoms with Gasteiger partial charge in [0.25, 0.3) is 0 Å². The van der Waals surface area contributed by atoms with E-state index in [1.54, 1.807) is 5.57 Å². The summed E-state index contributed by atoms with van der Waals surface area (Å²) in [6, 6.07) is 10.8. The van der Waals surface area contributed by atoms with Crippen LogP contribution in [-0.2, 0) is 6.42 Å². The Balaban J connectivity index is 2.01. The topological polar surface area (TPSA) is 0 Å². The molecule has 0 amide bonds. The summed E-state index contributed by atoms with van der Waals surface area (Å²) in [5.41, 5.74) is 3.09. The van der Waals surface area contributed by atoms with Crippen LogP contribution in [0.15, 0.2) is 42.0 Å². The lowest BCUT2D eigenvalue weighted by atomic mass is 9.84. The lowest BCUT2D eigenvalue weighted by molar-refractivity contribution is 0.619. The van der Waals surface area contributed by atoms with Gasteiger partial charge in [-0.3, -0.25) is 0 Å². The zero-order valence-corrected chi connectivity index (χ0v) is 9.83. The van der Waals surface area contributed by atoms with Crippen LogP contribution in [0.1, 0.15) is 18.4 Å². The van der Waals surface area contributed by atoms with E-state index in [0.717, 1.165) is 5.33 Å². The second-order valence-electron chi connectivity index (χ2n) is 3.86. The molecule has 0 saturated heterocycles. The summed E-state index contributed by atoms with van der Waals surface area (Å²) in [5.74, 6) is 0.714. The van der Waals surface area contributed by atoms with Crippen LogP contribution in [0.25, 0.3) is 0 Å². The molecule has 0 spiro atoms. The van der Waals surface area contributed by atoms with Crippen molar-refractivity contribution in [3.05, 3.63) is 47.5 Å². The van der Waals surface area contributed by atoms with Crippen LogP contribution >= 0.6 is 15.9 Å². The normalized spacial score (nSPS) is 17.1. The maximum Gasteiger partial charge on any atom is 0.0100 e. The van der Waals surface area contributed by atoms with Gasteiger partial charge in [-0.2, -0.15) is 0 Å². The molecule has 0 radical (unpaired) electrons. The molecular formula is C13H15Br. The average molecular weight is 251 g/mol. The van der Waals surface area contributed by atoms with Gasteiger partial charge < -0.3 is 0 Å². The standard InChI is InChI=1S/C13H15Br/c14-10-13(12-7-4-8-12)9-11-5-2-1-3-6-11/h1-3,5-7,13H,4,8-10H2. The van der Waals surface area contributed by atoms with Gasteiger partial charge in [0.2, 0.25) is 0 Å². The molecule has 1 atom stereocenters. The van der Waals surface area contributed by atoms with Gasteiger partial charge in [-0.25, -0.2) is 0 Å². The summed E-state index contributed by atoms with van der Waals surface area (Å²) in [6.07, 6.45) is 6.16. The summed E-state index contributed by atoms with van der Waals surface area (Å²) in [7, 11) is 0. The number of alkyl halides is 1. The van der Waals surface area contributed by atoms with Crippen LogP contribution in [-0.4, -0.2) is 5.33 Å². The first-order valence-electron chi connectivity index (χ1n) is 5.19. The van der Waals surface area contributed by atoms with Gasteiger partial charge in [-0.1, -0.05) is 57.9 Å². The summed E-state index contributed by atoms with van der Waals surface area (Å²) >= 11 is 3.61. The van der Waals surface area contributed by atoms with E-state index in [1.165, 1.54) is 24.8 Å². The van der Waals surface area contributed by atoms with Crippen molar-refractivity contribution in [2.24, 2.45) is 5.92 Å². The molecule has 0 aromatic heterocycles. The molecule has 0 nitrogen and oxygen atoms in total. The minimum absolute atomic E-state index is 0.714. The van der Waals surface area contributed by atoms with Crippen molar-refractivity contribution in [2.45, 2.75) is 19.3 Å². The first-order chi connectivity index (χ1) is 6.90. The summed E-state index contributed by atoms with van der Waals surface area (Å²) in [4.78, 5) is 0. The number of hydrogen-bond donors (Lipinski definition) is 0. The predicted octanol–water partition coefficient (Wildman–Crippen LogP) is 3.96. The number of rotatable bonds is 4. The Kier molecular flexibility index (Phi) is 3.41. The van der Waals surface area contributed by atoms with Crippen LogP contribution in [0.4, 0.5) is 0 Å². The van der Waals surface area contributed by atoms with Crippen molar-refractivity contribution < 1.29 is 0 Å². The molecule has 0 saturated carbocycles. The Morgan fingerprint density at radius 1 is 1.21 bits per heavy atom. The van der Waals surface area contributed by atoms with E-state index in [0.29, 0.717) is 5.92 Å². The molecule has 0 aliphatic heterocycles. The van der Waals surface area contributed by atoms with Gasteiger partial charge in [-0.05, 0) is 30.7 Å². The Bertz CT molecular complexity index is 313. The highest BCUT2D eigenvalue weighted by atomic mass is 79.9. The predicted molar refractivity (Wildman–Crippen MR) is 64.7 cm³/mol. The van der Waals surface area contributed by atoms with Crippen LogP contribution in [0, 0.1) is 5.92 Å². The number of halogens is 1. The van der Waals surface area contributed by atoms with Crippen molar-refractivity contribution in [1.29, 1.82) is 0 Å². The Hall–Kier alpha value is -0.560. The second kappa shape index (κ2) is 4.79. The molecule has 1 heteroatoms. The quantitative estimate of drug-likeness (QED) is 0.561. The van der Waals surface area contributed by atoms with E-state index in [9.17, 15) is 0 Å². The number of benzene rings is 1. The van der Waals surface area contributed by atoms with E-state index in [2.05, 4.69) is 52.3 Å². The highest BCUT2D eigenvalue weighted by Crippen LogP contribution is 2.29. The fourth-order valence-corrected chi connectivity index (χ4v) is 2.51. The molecule has 1 unspecified atom stereocenters. The zero-order chi connectivity index (χ0) is 9.80. The van der Waals surface area contributed by atoms with E-state index in [-0.39, 0.29) is 0 Å². The van der Waals surface area contributed by atoms with Crippen molar-refractivity contribution in [3.8, 4) is 0 Å². The monoisotopic (exact) mass is 250 g/mol. The first-order valence-corrected chi connectivity index (χ1v) is 6.31. The third kappa shape index (κ3) is 2.27. The van der Waals surface area contributed by atoms with Crippen molar-refractivity contribution in [1.82, 2.24) is 0 Å². The smallest absolute Gasteiger partial charge is 0.0100 e. The van der Waals surface area contributed by atoms with Gasteiger partial charge in [-0.15, -0.1) is 0 Å².